The summed E-state index contributed by atoms with van der Waals surface area (Å²) in [6, 6.07) is 1.06. The Bertz CT molecular complexity index is 499. The number of likely N-dealkylation sites (tertiary alicyclic amines) is 1. The van der Waals surface area contributed by atoms with E-state index in [1.54, 1.807) is 18.6 Å². The molecule has 1 N–H and O–H groups in total. The number of carbonyl (C=O) groups is 1. The van der Waals surface area contributed by atoms with Crippen LogP contribution in [0.4, 0.5) is 0 Å². The average molecular weight is 330 g/mol. The fraction of sp³-hybridized carbons (Fsp3) is 0.737. The molecule has 0 spiro atoms. The number of nitrogens with zero attached hydrogens (tertiary/aromatic N) is 3. The number of piperidine rings is 1. The maximum Gasteiger partial charge on any atom is 0.220 e. The molecule has 24 heavy (non-hydrogen) atoms. The molecule has 1 atom stereocenters. The summed E-state index contributed by atoms with van der Waals surface area (Å²) in [7, 11) is 0. The highest BCUT2D eigenvalue weighted by Gasteiger charge is 2.27. The number of aryl methyl sites for hydroxylation is 1. The number of hydrogen-bond donors (Lipinski definition) is 1. The third-order valence-electron chi connectivity index (χ3n) is 5.38. The van der Waals surface area contributed by atoms with E-state index < -0.39 is 0 Å². The molecule has 1 aliphatic heterocycles. The topological polar surface area (TPSA) is 58.1 Å². The van der Waals surface area contributed by atoms with Crippen LogP contribution in [0.15, 0.2) is 18.6 Å². The minimum Gasteiger partial charge on any atom is -0.352 e. The Morgan fingerprint density at radius 2 is 1.96 bits per heavy atom. The Hall–Kier alpha value is -1.49. The Kier molecular flexibility index (Phi) is 6.58. The maximum absolute atomic E-state index is 12.2. The Morgan fingerprint density at radius 3 is 2.71 bits per heavy atom. The van der Waals surface area contributed by atoms with Gasteiger partial charge < -0.3 is 5.32 Å². The summed E-state index contributed by atoms with van der Waals surface area (Å²) in [6.45, 7) is 2.23. The van der Waals surface area contributed by atoms with Gasteiger partial charge in [0.2, 0.25) is 5.91 Å². The quantitative estimate of drug-likeness (QED) is 0.843. The van der Waals surface area contributed by atoms with E-state index in [1.165, 1.54) is 51.5 Å². The van der Waals surface area contributed by atoms with Crippen LogP contribution >= 0.6 is 0 Å². The Labute approximate surface area is 145 Å². The summed E-state index contributed by atoms with van der Waals surface area (Å²) in [5.41, 5.74) is 0.886. The van der Waals surface area contributed by atoms with Crippen LogP contribution in [-0.2, 0) is 11.2 Å². The van der Waals surface area contributed by atoms with Crippen LogP contribution in [0.25, 0.3) is 0 Å². The molecule has 2 aliphatic rings. The molecule has 0 unspecified atom stereocenters. The molecule has 5 nitrogen and oxygen atoms in total. The van der Waals surface area contributed by atoms with Gasteiger partial charge in [-0.15, -0.1) is 0 Å². The molecule has 1 aliphatic carbocycles. The predicted octanol–water partition coefficient (Wildman–Crippen LogP) is 2.71. The van der Waals surface area contributed by atoms with Gasteiger partial charge in [0.15, 0.2) is 0 Å². The van der Waals surface area contributed by atoms with Gasteiger partial charge in [-0.2, -0.15) is 0 Å². The molecule has 2 heterocycles. The zero-order valence-electron chi connectivity index (χ0n) is 14.6. The highest BCUT2D eigenvalue weighted by Crippen LogP contribution is 2.24. The van der Waals surface area contributed by atoms with Gasteiger partial charge in [0.25, 0.3) is 0 Å². The van der Waals surface area contributed by atoms with Crippen LogP contribution in [0.2, 0.25) is 0 Å². The summed E-state index contributed by atoms with van der Waals surface area (Å²) in [5, 5.41) is 3.25. The fourth-order valence-corrected chi connectivity index (χ4v) is 4.08. The lowest BCUT2D eigenvalue weighted by Crippen LogP contribution is -2.50. The van der Waals surface area contributed by atoms with Crippen LogP contribution in [0.5, 0.6) is 0 Å². The average Bonchev–Trinajstić information content (AvgIpc) is 2.91. The van der Waals surface area contributed by atoms with E-state index in [9.17, 15) is 4.79 Å². The minimum absolute atomic E-state index is 0.147. The molecule has 3 rings (SSSR count). The van der Waals surface area contributed by atoms with Crippen molar-refractivity contribution in [3.63, 3.8) is 0 Å². The SMILES string of the molecule is O=C(CCc1cnccn1)N[C@@H]1CCCN(C2CCCCCC2)C1. The van der Waals surface area contributed by atoms with Crippen LogP contribution in [0.3, 0.4) is 0 Å². The first-order chi connectivity index (χ1) is 11.8. The van der Waals surface area contributed by atoms with Crippen molar-refractivity contribution in [2.24, 2.45) is 0 Å². The Balaban J connectivity index is 1.43. The van der Waals surface area contributed by atoms with Crippen molar-refractivity contribution in [3.05, 3.63) is 24.3 Å². The molecule has 1 aromatic heterocycles. The summed E-state index contributed by atoms with van der Waals surface area (Å²) in [5.74, 6) is 0.147. The molecule has 1 amide bonds. The molecule has 1 saturated heterocycles. The van der Waals surface area contributed by atoms with Crippen molar-refractivity contribution >= 4 is 5.91 Å². The number of carbonyl (C=O) groups excluding carboxylic acids is 1. The molecule has 0 aromatic carbocycles. The maximum atomic E-state index is 12.2. The standard InChI is InChI=1S/C19H30N4O/c24-19(10-9-16-14-20-11-12-21-16)22-17-6-5-13-23(15-17)18-7-3-1-2-4-8-18/h11-12,14,17-18H,1-10,13,15H2,(H,22,24)/t17-/m1/s1. The molecule has 2 fully saturated rings. The zero-order valence-corrected chi connectivity index (χ0v) is 14.6. The molecular formula is C19H30N4O. The van der Waals surface area contributed by atoms with E-state index in [0.29, 0.717) is 18.9 Å². The first kappa shape index (κ1) is 17.3. The van der Waals surface area contributed by atoms with Crippen molar-refractivity contribution in [1.82, 2.24) is 20.2 Å². The van der Waals surface area contributed by atoms with E-state index in [1.807, 2.05) is 0 Å². The van der Waals surface area contributed by atoms with Crippen molar-refractivity contribution in [2.45, 2.75) is 76.3 Å². The van der Waals surface area contributed by atoms with Crippen molar-refractivity contribution < 1.29 is 4.79 Å². The highest BCUT2D eigenvalue weighted by molar-refractivity contribution is 5.76. The number of hydrogen-bond acceptors (Lipinski definition) is 4. The van der Waals surface area contributed by atoms with E-state index in [-0.39, 0.29) is 5.91 Å². The first-order valence-corrected chi connectivity index (χ1v) is 9.59. The molecule has 0 radical (unpaired) electrons. The highest BCUT2D eigenvalue weighted by atomic mass is 16.1. The van der Waals surface area contributed by atoms with Crippen LogP contribution in [0.1, 0.15) is 63.5 Å². The smallest absolute Gasteiger partial charge is 0.220 e. The zero-order chi connectivity index (χ0) is 16.6. The van der Waals surface area contributed by atoms with Gasteiger partial charge in [-0.3, -0.25) is 19.7 Å². The number of amides is 1. The van der Waals surface area contributed by atoms with Gasteiger partial charge >= 0.3 is 0 Å². The van der Waals surface area contributed by atoms with E-state index in [0.717, 1.165) is 24.7 Å². The lowest BCUT2D eigenvalue weighted by atomic mass is 9.99. The molecule has 1 aromatic rings. The molecule has 0 bridgehead atoms. The number of aromatic nitrogens is 2. The van der Waals surface area contributed by atoms with Gasteiger partial charge in [-0.1, -0.05) is 25.7 Å². The van der Waals surface area contributed by atoms with Gasteiger partial charge in [-0.25, -0.2) is 0 Å². The van der Waals surface area contributed by atoms with Gasteiger partial charge in [-0.05, 0) is 38.6 Å². The van der Waals surface area contributed by atoms with Gasteiger partial charge in [0, 0.05) is 43.6 Å². The fourth-order valence-electron chi connectivity index (χ4n) is 4.08. The van der Waals surface area contributed by atoms with Crippen molar-refractivity contribution in [2.75, 3.05) is 13.1 Å². The normalized spacial score (nSPS) is 23.6. The summed E-state index contributed by atoms with van der Waals surface area (Å²) >= 11 is 0. The second-order valence-corrected chi connectivity index (χ2v) is 7.24. The Morgan fingerprint density at radius 1 is 1.12 bits per heavy atom. The molecular weight excluding hydrogens is 300 g/mol. The van der Waals surface area contributed by atoms with Crippen molar-refractivity contribution in [1.29, 1.82) is 0 Å². The van der Waals surface area contributed by atoms with E-state index in [2.05, 4.69) is 20.2 Å². The molecule has 1 saturated carbocycles. The lowest BCUT2D eigenvalue weighted by Gasteiger charge is -2.38. The van der Waals surface area contributed by atoms with E-state index in [4.69, 9.17) is 0 Å². The second kappa shape index (κ2) is 9.11. The largest absolute Gasteiger partial charge is 0.352 e. The third-order valence-corrected chi connectivity index (χ3v) is 5.38. The van der Waals surface area contributed by atoms with Crippen LogP contribution < -0.4 is 5.32 Å². The second-order valence-electron chi connectivity index (χ2n) is 7.24. The number of nitrogens with one attached hydrogen (secondary N) is 1. The number of rotatable bonds is 5. The predicted molar refractivity (Wildman–Crippen MR) is 94.6 cm³/mol. The summed E-state index contributed by atoms with van der Waals surface area (Å²) < 4.78 is 0. The monoisotopic (exact) mass is 330 g/mol. The van der Waals surface area contributed by atoms with Crippen LogP contribution in [0, 0.1) is 0 Å². The first-order valence-electron chi connectivity index (χ1n) is 9.59. The van der Waals surface area contributed by atoms with Crippen molar-refractivity contribution in [3.8, 4) is 0 Å². The van der Waals surface area contributed by atoms with Gasteiger partial charge in [0.1, 0.15) is 0 Å². The van der Waals surface area contributed by atoms with Crippen LogP contribution in [-0.4, -0.2) is 45.9 Å². The lowest BCUT2D eigenvalue weighted by molar-refractivity contribution is -0.122. The van der Waals surface area contributed by atoms with Gasteiger partial charge in [0.05, 0.1) is 5.69 Å². The minimum atomic E-state index is 0.147. The summed E-state index contributed by atoms with van der Waals surface area (Å²) in [6.07, 6.45) is 16.8. The van der Waals surface area contributed by atoms with E-state index >= 15 is 0 Å². The molecule has 5 heteroatoms. The third kappa shape index (κ3) is 5.26. The summed E-state index contributed by atoms with van der Waals surface area (Å²) in [4.78, 5) is 23.2. The molecule has 132 valence electrons.